The molecular formula is C16H13BrClN3O3S. The normalized spacial score (nSPS) is 16.1. The summed E-state index contributed by atoms with van der Waals surface area (Å²) in [7, 11) is 0. The van der Waals surface area contributed by atoms with Gasteiger partial charge in [-0.05, 0) is 30.3 Å². The zero-order valence-corrected chi connectivity index (χ0v) is 16.2. The molecule has 0 fully saturated rings. The average molecular weight is 443 g/mol. The first-order chi connectivity index (χ1) is 11.9. The molecule has 0 aliphatic carbocycles. The number of carbonyl (C=O) groups excluding carboxylic acids is 2. The van der Waals surface area contributed by atoms with Crippen LogP contribution in [0.4, 0.5) is 11.4 Å². The molecule has 130 valence electrons. The monoisotopic (exact) mass is 441 g/mol. The molecule has 3 rings (SSSR count). The lowest BCUT2D eigenvalue weighted by molar-refractivity contribution is -0.125. The van der Waals surface area contributed by atoms with Gasteiger partial charge in [0.2, 0.25) is 12.0 Å². The molecule has 1 aromatic heterocycles. The van der Waals surface area contributed by atoms with E-state index in [0.29, 0.717) is 27.8 Å². The van der Waals surface area contributed by atoms with E-state index < -0.39 is 6.10 Å². The topological polar surface area (TPSA) is 79.8 Å². The Morgan fingerprint density at radius 3 is 2.76 bits per heavy atom. The number of hydrogen-bond acceptors (Lipinski definition) is 5. The summed E-state index contributed by atoms with van der Waals surface area (Å²) in [6.45, 7) is 1.40. The zero-order valence-electron chi connectivity index (χ0n) is 13.0. The number of carbonyl (C=O) groups is 2. The Kier molecular flexibility index (Phi) is 5.41. The molecule has 2 amide bonds. The van der Waals surface area contributed by atoms with Gasteiger partial charge in [-0.3, -0.25) is 9.59 Å². The summed E-state index contributed by atoms with van der Waals surface area (Å²) in [4.78, 5) is 29.9. The second-order valence-corrected chi connectivity index (χ2v) is 7.93. The standard InChI is InChI=1S/C16H13BrClN3O3S/c1-8(22)19-10-3-2-9(17)6-11(10)20-16(23)13-7-12(21-24-13)14-4-5-15(18)25-14/h2-6,13H,7H2,1H3,(H,19,22)(H,20,23). The largest absolute Gasteiger partial charge is 0.382 e. The molecule has 1 aliphatic rings. The summed E-state index contributed by atoms with van der Waals surface area (Å²) < 4.78 is 1.43. The van der Waals surface area contributed by atoms with Crippen molar-refractivity contribution in [2.75, 3.05) is 10.6 Å². The molecule has 0 bridgehead atoms. The van der Waals surface area contributed by atoms with E-state index in [0.717, 1.165) is 9.35 Å². The second kappa shape index (κ2) is 7.55. The highest BCUT2D eigenvalue weighted by Crippen LogP contribution is 2.29. The zero-order chi connectivity index (χ0) is 18.0. The van der Waals surface area contributed by atoms with Crippen molar-refractivity contribution < 1.29 is 14.4 Å². The molecule has 25 heavy (non-hydrogen) atoms. The lowest BCUT2D eigenvalue weighted by Gasteiger charge is -2.14. The maximum Gasteiger partial charge on any atom is 0.268 e. The minimum absolute atomic E-state index is 0.227. The van der Waals surface area contributed by atoms with Gasteiger partial charge >= 0.3 is 0 Å². The third-order valence-electron chi connectivity index (χ3n) is 3.37. The van der Waals surface area contributed by atoms with Gasteiger partial charge in [-0.1, -0.05) is 32.7 Å². The number of oxime groups is 1. The van der Waals surface area contributed by atoms with Gasteiger partial charge in [-0.25, -0.2) is 0 Å². The van der Waals surface area contributed by atoms with Gasteiger partial charge in [0.05, 0.1) is 20.6 Å². The van der Waals surface area contributed by atoms with Gasteiger partial charge in [0.1, 0.15) is 5.71 Å². The summed E-state index contributed by atoms with van der Waals surface area (Å²) in [5.41, 5.74) is 1.67. The van der Waals surface area contributed by atoms with Crippen molar-refractivity contribution in [2.45, 2.75) is 19.4 Å². The van der Waals surface area contributed by atoms with Crippen molar-refractivity contribution in [3.8, 4) is 0 Å². The molecule has 2 aromatic rings. The van der Waals surface area contributed by atoms with Crippen LogP contribution in [-0.4, -0.2) is 23.6 Å². The van der Waals surface area contributed by atoms with Crippen LogP contribution in [0.25, 0.3) is 0 Å². The molecule has 1 aromatic carbocycles. The third-order valence-corrected chi connectivity index (χ3v) is 5.14. The Morgan fingerprint density at radius 2 is 2.08 bits per heavy atom. The van der Waals surface area contributed by atoms with Crippen LogP contribution in [-0.2, 0) is 14.4 Å². The molecule has 2 heterocycles. The van der Waals surface area contributed by atoms with E-state index in [1.165, 1.54) is 18.3 Å². The second-order valence-electron chi connectivity index (χ2n) is 5.30. The smallest absolute Gasteiger partial charge is 0.268 e. The minimum Gasteiger partial charge on any atom is -0.382 e. The van der Waals surface area contributed by atoms with E-state index in [4.69, 9.17) is 16.4 Å². The predicted molar refractivity (Wildman–Crippen MR) is 102 cm³/mol. The number of hydrogen-bond donors (Lipinski definition) is 2. The molecule has 6 nitrogen and oxygen atoms in total. The van der Waals surface area contributed by atoms with Crippen LogP contribution in [0, 0.1) is 0 Å². The molecule has 2 N–H and O–H groups in total. The molecule has 1 unspecified atom stereocenters. The van der Waals surface area contributed by atoms with E-state index in [1.807, 2.05) is 6.07 Å². The van der Waals surface area contributed by atoms with Crippen molar-refractivity contribution >= 4 is 67.8 Å². The van der Waals surface area contributed by atoms with Crippen LogP contribution >= 0.6 is 38.9 Å². The van der Waals surface area contributed by atoms with Gasteiger partial charge in [0.25, 0.3) is 5.91 Å². The van der Waals surface area contributed by atoms with Crippen LogP contribution in [0.15, 0.2) is 40.0 Å². The number of halogens is 2. The molecule has 1 atom stereocenters. The first kappa shape index (κ1) is 17.9. The Balaban J connectivity index is 1.69. The van der Waals surface area contributed by atoms with E-state index in [1.54, 1.807) is 24.3 Å². The molecule has 9 heteroatoms. The van der Waals surface area contributed by atoms with Crippen LogP contribution in [0.5, 0.6) is 0 Å². The van der Waals surface area contributed by atoms with Gasteiger partial charge < -0.3 is 15.5 Å². The number of thiophene rings is 1. The molecule has 0 radical (unpaired) electrons. The van der Waals surface area contributed by atoms with Crippen LogP contribution in [0.3, 0.4) is 0 Å². The third kappa shape index (κ3) is 4.39. The lowest BCUT2D eigenvalue weighted by atomic mass is 10.1. The minimum atomic E-state index is -0.736. The van der Waals surface area contributed by atoms with Gasteiger partial charge in [-0.2, -0.15) is 0 Å². The Hall–Kier alpha value is -1.90. The van der Waals surface area contributed by atoms with E-state index in [9.17, 15) is 9.59 Å². The quantitative estimate of drug-likeness (QED) is 0.743. The molecular weight excluding hydrogens is 430 g/mol. The Bertz CT molecular complexity index is 868. The average Bonchev–Trinajstić information content (AvgIpc) is 3.18. The SMILES string of the molecule is CC(=O)Nc1ccc(Br)cc1NC(=O)C1CC(c2ccc(Cl)s2)=NO1. The fraction of sp³-hybridized carbons (Fsp3) is 0.188. The number of benzene rings is 1. The predicted octanol–water partition coefficient (Wildman–Crippen LogP) is 4.25. The Labute approximate surface area is 161 Å². The molecule has 0 spiro atoms. The van der Waals surface area contributed by atoms with E-state index in [2.05, 4.69) is 31.7 Å². The fourth-order valence-corrected chi connectivity index (χ4v) is 3.66. The Morgan fingerprint density at radius 1 is 1.28 bits per heavy atom. The van der Waals surface area contributed by atoms with Crippen molar-refractivity contribution in [1.82, 2.24) is 0 Å². The highest BCUT2D eigenvalue weighted by molar-refractivity contribution is 9.10. The van der Waals surface area contributed by atoms with Crippen molar-refractivity contribution in [1.29, 1.82) is 0 Å². The molecule has 1 aliphatic heterocycles. The number of amides is 2. The van der Waals surface area contributed by atoms with Gasteiger partial charge in [-0.15, -0.1) is 11.3 Å². The van der Waals surface area contributed by atoms with Crippen molar-refractivity contribution in [3.63, 3.8) is 0 Å². The summed E-state index contributed by atoms with van der Waals surface area (Å²) in [5.74, 6) is -0.568. The summed E-state index contributed by atoms with van der Waals surface area (Å²) >= 11 is 10.7. The maximum atomic E-state index is 12.5. The number of nitrogens with zero attached hydrogens (tertiary/aromatic N) is 1. The van der Waals surface area contributed by atoms with Gasteiger partial charge in [0.15, 0.2) is 0 Å². The van der Waals surface area contributed by atoms with Crippen molar-refractivity contribution in [3.05, 3.63) is 44.0 Å². The summed E-state index contributed by atoms with van der Waals surface area (Å²) in [6, 6.07) is 8.80. The van der Waals surface area contributed by atoms with E-state index >= 15 is 0 Å². The molecule has 0 saturated heterocycles. The first-order valence-corrected chi connectivity index (χ1v) is 9.27. The summed E-state index contributed by atoms with van der Waals surface area (Å²) in [5, 5.41) is 9.43. The van der Waals surface area contributed by atoms with Crippen molar-refractivity contribution in [2.24, 2.45) is 5.16 Å². The first-order valence-electron chi connectivity index (χ1n) is 7.29. The van der Waals surface area contributed by atoms with Crippen LogP contribution in [0.1, 0.15) is 18.2 Å². The number of anilines is 2. The fourth-order valence-electron chi connectivity index (χ4n) is 2.26. The lowest BCUT2D eigenvalue weighted by Crippen LogP contribution is -2.28. The number of rotatable bonds is 4. The van der Waals surface area contributed by atoms with E-state index in [-0.39, 0.29) is 11.8 Å². The van der Waals surface area contributed by atoms with Gasteiger partial charge in [0, 0.05) is 17.8 Å². The number of nitrogens with one attached hydrogen (secondary N) is 2. The molecule has 0 saturated carbocycles. The highest BCUT2D eigenvalue weighted by Gasteiger charge is 2.30. The maximum absolute atomic E-state index is 12.5. The van der Waals surface area contributed by atoms with Crippen LogP contribution < -0.4 is 10.6 Å². The highest BCUT2D eigenvalue weighted by atomic mass is 79.9. The summed E-state index contributed by atoms with van der Waals surface area (Å²) in [6.07, 6.45) is -0.383. The van der Waals surface area contributed by atoms with Crippen LogP contribution in [0.2, 0.25) is 4.34 Å².